The van der Waals surface area contributed by atoms with Crippen LogP contribution in [0.4, 0.5) is 5.69 Å². The van der Waals surface area contributed by atoms with Crippen LogP contribution in [0.2, 0.25) is 0 Å². The zero-order valence-electron chi connectivity index (χ0n) is 12.9. The topological polar surface area (TPSA) is 49.7 Å². The van der Waals surface area contributed by atoms with Gasteiger partial charge in [-0.15, -0.1) is 0 Å². The van der Waals surface area contributed by atoms with Crippen LogP contribution in [-0.2, 0) is 4.79 Å². The van der Waals surface area contributed by atoms with Gasteiger partial charge < -0.3 is 5.11 Å². The van der Waals surface area contributed by atoms with Crippen molar-refractivity contribution in [3.63, 3.8) is 0 Å². The SMILES string of the molecule is CC(C)c1cc(N=C2C=CC=CC2=O)cc(C(C)C)c1O. The number of carbonyl (C=O) groups excluding carboxylic acids is 1. The Labute approximate surface area is 125 Å². The van der Waals surface area contributed by atoms with Crippen LogP contribution in [0.5, 0.6) is 5.75 Å². The van der Waals surface area contributed by atoms with E-state index in [1.807, 2.05) is 39.8 Å². The number of rotatable bonds is 3. The molecule has 0 saturated heterocycles. The minimum absolute atomic E-state index is 0.0947. The Bertz CT molecular complexity index is 620. The van der Waals surface area contributed by atoms with E-state index < -0.39 is 0 Å². The monoisotopic (exact) mass is 283 g/mol. The van der Waals surface area contributed by atoms with Crippen molar-refractivity contribution in [2.45, 2.75) is 39.5 Å². The molecule has 1 aromatic carbocycles. The van der Waals surface area contributed by atoms with Crippen LogP contribution in [0.15, 0.2) is 41.4 Å². The molecule has 0 aromatic heterocycles. The molecule has 1 aromatic rings. The van der Waals surface area contributed by atoms with Crippen LogP contribution in [0.25, 0.3) is 0 Å². The zero-order chi connectivity index (χ0) is 15.6. The third-order valence-electron chi connectivity index (χ3n) is 3.51. The largest absolute Gasteiger partial charge is 0.507 e. The predicted octanol–water partition coefficient (Wildman–Crippen LogP) is 4.41. The molecule has 0 radical (unpaired) electrons. The third-order valence-corrected chi connectivity index (χ3v) is 3.51. The summed E-state index contributed by atoms with van der Waals surface area (Å²) in [5.41, 5.74) is 2.86. The standard InChI is InChI=1S/C18H21NO2/c1-11(2)14-9-13(10-15(12(3)4)18(14)21)19-16-7-5-6-8-17(16)20/h5-12,21H,1-4H3. The molecule has 0 saturated carbocycles. The van der Waals surface area contributed by atoms with E-state index in [4.69, 9.17) is 0 Å². The van der Waals surface area contributed by atoms with Gasteiger partial charge in [0, 0.05) is 0 Å². The Morgan fingerprint density at radius 3 is 1.95 bits per heavy atom. The highest BCUT2D eigenvalue weighted by Crippen LogP contribution is 2.37. The Morgan fingerprint density at radius 1 is 0.952 bits per heavy atom. The van der Waals surface area contributed by atoms with Gasteiger partial charge in [0.25, 0.3) is 0 Å². The summed E-state index contributed by atoms with van der Waals surface area (Å²) < 4.78 is 0. The first-order valence-corrected chi connectivity index (χ1v) is 7.24. The number of phenols is 1. The highest BCUT2D eigenvalue weighted by molar-refractivity contribution is 6.49. The number of nitrogens with zero attached hydrogens (tertiary/aromatic N) is 1. The van der Waals surface area contributed by atoms with Crippen LogP contribution in [0.3, 0.4) is 0 Å². The molecule has 1 aliphatic rings. The highest BCUT2D eigenvalue weighted by atomic mass is 16.3. The smallest absolute Gasteiger partial charge is 0.204 e. The lowest BCUT2D eigenvalue weighted by Crippen LogP contribution is -2.10. The van der Waals surface area contributed by atoms with Crippen molar-refractivity contribution in [2.75, 3.05) is 0 Å². The van der Waals surface area contributed by atoms with Crippen LogP contribution >= 0.6 is 0 Å². The molecule has 0 amide bonds. The Morgan fingerprint density at radius 2 is 1.48 bits per heavy atom. The third kappa shape index (κ3) is 3.30. The second-order valence-corrected chi connectivity index (χ2v) is 5.86. The zero-order valence-corrected chi connectivity index (χ0v) is 12.9. The lowest BCUT2D eigenvalue weighted by atomic mass is 9.93. The fourth-order valence-electron chi connectivity index (χ4n) is 2.30. The maximum absolute atomic E-state index is 11.8. The summed E-state index contributed by atoms with van der Waals surface area (Å²) in [4.78, 5) is 16.2. The summed E-state index contributed by atoms with van der Waals surface area (Å²) in [5.74, 6) is 0.636. The minimum atomic E-state index is -0.0947. The second kappa shape index (κ2) is 6.08. The first kappa shape index (κ1) is 15.2. The first-order chi connectivity index (χ1) is 9.90. The summed E-state index contributed by atoms with van der Waals surface area (Å²) in [6.45, 7) is 8.13. The van der Waals surface area contributed by atoms with Gasteiger partial charge in [0.2, 0.25) is 5.78 Å². The summed E-state index contributed by atoms with van der Waals surface area (Å²) in [6, 6.07) is 3.72. The molecular weight excluding hydrogens is 262 g/mol. The summed E-state index contributed by atoms with van der Waals surface area (Å²) in [7, 11) is 0. The number of benzene rings is 1. The Hall–Kier alpha value is -2.16. The van der Waals surface area contributed by atoms with Gasteiger partial charge in [-0.3, -0.25) is 4.79 Å². The molecule has 1 aliphatic carbocycles. The fraction of sp³-hybridized carbons (Fsp3) is 0.333. The van der Waals surface area contributed by atoms with Crippen molar-refractivity contribution in [1.82, 2.24) is 0 Å². The van der Waals surface area contributed by atoms with Crippen molar-refractivity contribution in [1.29, 1.82) is 0 Å². The maximum atomic E-state index is 11.8. The van der Waals surface area contributed by atoms with Crippen LogP contribution in [-0.4, -0.2) is 16.6 Å². The van der Waals surface area contributed by atoms with Crippen molar-refractivity contribution >= 4 is 17.2 Å². The van der Waals surface area contributed by atoms with Crippen molar-refractivity contribution in [3.05, 3.63) is 47.6 Å². The molecule has 3 nitrogen and oxygen atoms in total. The van der Waals surface area contributed by atoms with Gasteiger partial charge in [-0.05, 0) is 47.2 Å². The number of phenolic OH excluding ortho intramolecular Hbond substituents is 1. The van der Waals surface area contributed by atoms with Gasteiger partial charge in [-0.1, -0.05) is 39.8 Å². The number of hydrogen-bond acceptors (Lipinski definition) is 3. The molecule has 110 valence electrons. The van der Waals surface area contributed by atoms with Crippen molar-refractivity contribution in [2.24, 2.45) is 4.99 Å². The molecule has 1 N–H and O–H groups in total. The van der Waals surface area contributed by atoms with E-state index in [1.165, 1.54) is 6.08 Å². The number of hydrogen-bond donors (Lipinski definition) is 1. The molecule has 0 spiro atoms. The number of ketones is 1. The van der Waals surface area contributed by atoms with E-state index in [1.54, 1.807) is 18.2 Å². The molecule has 3 heteroatoms. The van der Waals surface area contributed by atoms with Crippen LogP contribution in [0, 0.1) is 0 Å². The van der Waals surface area contributed by atoms with E-state index in [-0.39, 0.29) is 17.6 Å². The maximum Gasteiger partial charge on any atom is 0.204 e. The van der Waals surface area contributed by atoms with Crippen molar-refractivity contribution in [3.8, 4) is 5.75 Å². The lowest BCUT2D eigenvalue weighted by molar-refractivity contribution is -0.108. The minimum Gasteiger partial charge on any atom is -0.507 e. The molecule has 0 fully saturated rings. The average molecular weight is 283 g/mol. The van der Waals surface area contributed by atoms with E-state index in [2.05, 4.69) is 4.99 Å². The molecular formula is C18H21NO2. The summed E-state index contributed by atoms with van der Waals surface area (Å²) in [6.07, 6.45) is 6.72. The lowest BCUT2D eigenvalue weighted by Gasteiger charge is -2.16. The van der Waals surface area contributed by atoms with Crippen LogP contribution < -0.4 is 0 Å². The van der Waals surface area contributed by atoms with Gasteiger partial charge in [0.15, 0.2) is 0 Å². The van der Waals surface area contributed by atoms with E-state index in [0.29, 0.717) is 17.1 Å². The van der Waals surface area contributed by atoms with Gasteiger partial charge in [-0.25, -0.2) is 4.99 Å². The molecule has 2 rings (SSSR count). The average Bonchev–Trinajstić information content (AvgIpc) is 2.42. The van der Waals surface area contributed by atoms with Crippen molar-refractivity contribution < 1.29 is 9.90 Å². The summed E-state index contributed by atoms with van der Waals surface area (Å²) >= 11 is 0. The van der Waals surface area contributed by atoms with E-state index >= 15 is 0 Å². The molecule has 21 heavy (non-hydrogen) atoms. The van der Waals surface area contributed by atoms with Gasteiger partial charge >= 0.3 is 0 Å². The molecule has 0 aliphatic heterocycles. The summed E-state index contributed by atoms with van der Waals surface area (Å²) in [5, 5.41) is 10.4. The Kier molecular flexibility index (Phi) is 4.41. The van der Waals surface area contributed by atoms with E-state index in [0.717, 1.165) is 11.1 Å². The fourth-order valence-corrected chi connectivity index (χ4v) is 2.30. The predicted molar refractivity (Wildman–Crippen MR) is 86.7 cm³/mol. The normalized spacial score (nSPS) is 16.5. The molecule has 0 unspecified atom stereocenters. The van der Waals surface area contributed by atoms with Crippen LogP contribution in [0.1, 0.15) is 50.7 Å². The number of carbonyl (C=O) groups is 1. The Balaban J connectivity index is 2.54. The molecule has 0 bridgehead atoms. The van der Waals surface area contributed by atoms with Gasteiger partial charge in [-0.2, -0.15) is 0 Å². The van der Waals surface area contributed by atoms with Gasteiger partial charge in [0.1, 0.15) is 11.5 Å². The quantitative estimate of drug-likeness (QED) is 0.835. The second-order valence-electron chi connectivity index (χ2n) is 5.86. The van der Waals surface area contributed by atoms with Gasteiger partial charge in [0.05, 0.1) is 5.69 Å². The van der Waals surface area contributed by atoms with E-state index in [9.17, 15) is 9.90 Å². The number of allylic oxidation sites excluding steroid dienone is 4. The number of aromatic hydroxyl groups is 1. The first-order valence-electron chi connectivity index (χ1n) is 7.24. The number of aliphatic imine (C=N–C) groups is 1. The molecule has 0 heterocycles. The molecule has 0 atom stereocenters. The highest BCUT2D eigenvalue weighted by Gasteiger charge is 2.16.